The van der Waals surface area contributed by atoms with Gasteiger partial charge < -0.3 is 5.32 Å². The van der Waals surface area contributed by atoms with Crippen LogP contribution in [-0.4, -0.2) is 17.7 Å². The minimum Gasteiger partial charge on any atom is -0.334 e. The van der Waals surface area contributed by atoms with Crippen molar-refractivity contribution in [1.82, 2.24) is 10.6 Å². The van der Waals surface area contributed by atoms with Gasteiger partial charge in [0.15, 0.2) is 0 Å². The van der Waals surface area contributed by atoms with Crippen molar-refractivity contribution in [2.75, 3.05) is 5.75 Å². The molecule has 2 aromatic rings. The summed E-state index contributed by atoms with van der Waals surface area (Å²) in [5.74, 6) is -0.126. The predicted octanol–water partition coefficient (Wildman–Crippen LogP) is 3.57. The molecule has 2 rings (SSSR count). The van der Waals surface area contributed by atoms with Gasteiger partial charge >= 0.3 is 6.03 Å². The molecule has 0 radical (unpaired) electrons. The summed E-state index contributed by atoms with van der Waals surface area (Å²) in [4.78, 5) is 24.3. The van der Waals surface area contributed by atoms with Crippen LogP contribution in [0.1, 0.15) is 5.56 Å². The lowest BCUT2D eigenvalue weighted by molar-refractivity contribution is -0.117. The highest BCUT2D eigenvalue weighted by Crippen LogP contribution is 2.20. The molecule has 2 N–H and O–H groups in total. The quantitative estimate of drug-likeness (QED) is 0.781. The Morgan fingerprint density at radius 1 is 1.00 bits per heavy atom. The van der Waals surface area contributed by atoms with Crippen molar-refractivity contribution in [2.45, 2.75) is 11.4 Å². The van der Waals surface area contributed by atoms with Crippen molar-refractivity contribution in [3.63, 3.8) is 0 Å². The first-order chi connectivity index (χ1) is 10.6. The van der Waals surface area contributed by atoms with Gasteiger partial charge in [0.25, 0.3) is 0 Å². The number of thioether (sulfide) groups is 1. The molecule has 0 unspecified atom stereocenters. The maximum Gasteiger partial charge on any atom is 0.321 e. The van der Waals surface area contributed by atoms with Gasteiger partial charge in [0.2, 0.25) is 5.91 Å². The van der Waals surface area contributed by atoms with E-state index in [0.29, 0.717) is 6.54 Å². The number of amides is 3. The first-order valence-corrected chi connectivity index (χ1v) is 8.41. The van der Waals surface area contributed by atoms with E-state index >= 15 is 0 Å². The number of urea groups is 1. The highest BCUT2D eigenvalue weighted by atomic mass is 79.9. The SMILES string of the molecule is O=C(CSc1ccc(Br)cc1)NC(=O)NCc1ccccc1. The maximum atomic E-state index is 11.7. The fourth-order valence-corrected chi connectivity index (χ4v) is 2.63. The zero-order chi connectivity index (χ0) is 15.8. The summed E-state index contributed by atoms with van der Waals surface area (Å²) >= 11 is 4.73. The van der Waals surface area contributed by atoms with Crippen LogP contribution < -0.4 is 10.6 Å². The maximum absolute atomic E-state index is 11.7. The zero-order valence-corrected chi connectivity index (χ0v) is 14.1. The summed E-state index contributed by atoms with van der Waals surface area (Å²) in [6, 6.07) is 16.7. The number of imide groups is 1. The van der Waals surface area contributed by atoms with Crippen molar-refractivity contribution in [3.8, 4) is 0 Å². The van der Waals surface area contributed by atoms with Crippen LogP contribution in [0.15, 0.2) is 64.0 Å². The van der Waals surface area contributed by atoms with E-state index in [0.717, 1.165) is 14.9 Å². The van der Waals surface area contributed by atoms with Crippen molar-refractivity contribution in [3.05, 3.63) is 64.6 Å². The molecule has 0 fully saturated rings. The second-order valence-corrected chi connectivity index (χ2v) is 6.42. The van der Waals surface area contributed by atoms with Gasteiger partial charge in [-0.1, -0.05) is 46.3 Å². The first-order valence-electron chi connectivity index (χ1n) is 6.63. The minimum atomic E-state index is -0.481. The van der Waals surface area contributed by atoms with E-state index in [-0.39, 0.29) is 11.7 Å². The second-order valence-electron chi connectivity index (χ2n) is 4.46. The Morgan fingerprint density at radius 3 is 2.36 bits per heavy atom. The van der Waals surface area contributed by atoms with Gasteiger partial charge in [-0.05, 0) is 29.8 Å². The smallest absolute Gasteiger partial charge is 0.321 e. The van der Waals surface area contributed by atoms with E-state index in [2.05, 4.69) is 26.6 Å². The molecule has 0 saturated heterocycles. The molecule has 2 aromatic carbocycles. The molecule has 0 heterocycles. The summed E-state index contributed by atoms with van der Waals surface area (Å²) < 4.78 is 0.988. The number of carbonyl (C=O) groups excluding carboxylic acids is 2. The molecule has 6 heteroatoms. The standard InChI is InChI=1S/C16H15BrN2O2S/c17-13-6-8-14(9-7-13)22-11-15(20)19-16(21)18-10-12-4-2-1-3-5-12/h1-9H,10-11H2,(H2,18,19,20,21). The third-order valence-electron chi connectivity index (χ3n) is 2.73. The Morgan fingerprint density at radius 2 is 1.68 bits per heavy atom. The van der Waals surface area contributed by atoms with Gasteiger partial charge in [-0.25, -0.2) is 4.79 Å². The van der Waals surface area contributed by atoms with Gasteiger partial charge in [0.1, 0.15) is 0 Å². The number of carbonyl (C=O) groups is 2. The molecule has 3 amide bonds. The molecule has 0 aromatic heterocycles. The largest absolute Gasteiger partial charge is 0.334 e. The molecule has 0 aliphatic heterocycles. The molecule has 0 aliphatic carbocycles. The number of halogens is 1. The lowest BCUT2D eigenvalue weighted by atomic mass is 10.2. The van der Waals surface area contributed by atoms with E-state index in [1.165, 1.54) is 11.8 Å². The molecular weight excluding hydrogens is 364 g/mol. The van der Waals surface area contributed by atoms with Crippen LogP contribution in [0.25, 0.3) is 0 Å². The van der Waals surface area contributed by atoms with Crippen LogP contribution in [-0.2, 0) is 11.3 Å². The van der Waals surface area contributed by atoms with Crippen LogP contribution in [0.2, 0.25) is 0 Å². The monoisotopic (exact) mass is 378 g/mol. The second kappa shape index (κ2) is 8.60. The average molecular weight is 379 g/mol. The molecule has 0 spiro atoms. The van der Waals surface area contributed by atoms with E-state index in [4.69, 9.17) is 0 Å². The Balaban J connectivity index is 1.70. The fraction of sp³-hybridized carbons (Fsp3) is 0.125. The number of hydrogen-bond donors (Lipinski definition) is 2. The van der Waals surface area contributed by atoms with E-state index < -0.39 is 6.03 Å². The van der Waals surface area contributed by atoms with Crippen LogP contribution >= 0.6 is 27.7 Å². The summed E-state index contributed by atoms with van der Waals surface area (Å²) in [5.41, 5.74) is 0.981. The van der Waals surface area contributed by atoms with Crippen LogP contribution in [0.3, 0.4) is 0 Å². The van der Waals surface area contributed by atoms with E-state index in [1.54, 1.807) is 0 Å². The Kier molecular flexibility index (Phi) is 6.48. The highest BCUT2D eigenvalue weighted by Gasteiger charge is 2.08. The summed E-state index contributed by atoms with van der Waals surface area (Å²) in [7, 11) is 0. The van der Waals surface area contributed by atoms with Gasteiger partial charge in [-0.3, -0.25) is 10.1 Å². The van der Waals surface area contributed by atoms with E-state index in [1.807, 2.05) is 54.6 Å². The van der Waals surface area contributed by atoms with Crippen molar-refractivity contribution >= 4 is 39.6 Å². The molecule has 0 saturated carbocycles. The average Bonchev–Trinajstić information content (AvgIpc) is 2.53. The molecule has 4 nitrogen and oxygen atoms in total. The van der Waals surface area contributed by atoms with Crippen molar-refractivity contribution in [2.24, 2.45) is 0 Å². The normalized spacial score (nSPS) is 10.0. The third kappa shape index (κ3) is 5.91. The number of hydrogen-bond acceptors (Lipinski definition) is 3. The van der Waals surface area contributed by atoms with Crippen molar-refractivity contribution < 1.29 is 9.59 Å². The molecule has 22 heavy (non-hydrogen) atoms. The lowest BCUT2D eigenvalue weighted by Crippen LogP contribution is -2.39. The third-order valence-corrected chi connectivity index (χ3v) is 4.27. The number of benzene rings is 2. The molecular formula is C16H15BrN2O2S. The topological polar surface area (TPSA) is 58.2 Å². The highest BCUT2D eigenvalue weighted by molar-refractivity contribution is 9.10. The minimum absolute atomic E-state index is 0.195. The number of nitrogens with one attached hydrogen (secondary N) is 2. The fourth-order valence-electron chi connectivity index (χ4n) is 1.66. The number of rotatable bonds is 5. The summed E-state index contributed by atoms with van der Waals surface area (Å²) in [5, 5.41) is 4.96. The Labute approximate surface area is 141 Å². The van der Waals surface area contributed by atoms with Crippen LogP contribution in [0.5, 0.6) is 0 Å². The Hall–Kier alpha value is -1.79. The van der Waals surface area contributed by atoms with Crippen LogP contribution in [0, 0.1) is 0 Å². The van der Waals surface area contributed by atoms with Crippen LogP contribution in [0.4, 0.5) is 4.79 Å². The molecule has 114 valence electrons. The van der Waals surface area contributed by atoms with E-state index in [9.17, 15) is 9.59 Å². The predicted molar refractivity (Wildman–Crippen MR) is 91.7 cm³/mol. The van der Waals surface area contributed by atoms with Gasteiger partial charge in [-0.15, -0.1) is 11.8 Å². The van der Waals surface area contributed by atoms with Gasteiger partial charge in [-0.2, -0.15) is 0 Å². The molecule has 0 bridgehead atoms. The van der Waals surface area contributed by atoms with Gasteiger partial charge in [0, 0.05) is 15.9 Å². The zero-order valence-electron chi connectivity index (χ0n) is 11.7. The molecule has 0 atom stereocenters. The van der Waals surface area contributed by atoms with Crippen molar-refractivity contribution in [1.29, 1.82) is 0 Å². The Bertz CT molecular complexity index is 632. The summed E-state index contributed by atoms with van der Waals surface area (Å²) in [6.07, 6.45) is 0. The first kappa shape index (κ1) is 16.6. The molecule has 0 aliphatic rings. The lowest BCUT2D eigenvalue weighted by Gasteiger charge is -2.07. The van der Waals surface area contributed by atoms with Gasteiger partial charge in [0.05, 0.1) is 5.75 Å². The summed E-state index contributed by atoms with van der Waals surface area (Å²) in [6.45, 7) is 0.389.